The molecule has 4 rings (SSSR count). The third kappa shape index (κ3) is 4.12. The van der Waals surface area contributed by atoms with E-state index in [0.717, 1.165) is 22.8 Å². The molecule has 0 fully saturated rings. The quantitative estimate of drug-likeness (QED) is 0.171. The van der Waals surface area contributed by atoms with Crippen molar-refractivity contribution in [2.75, 3.05) is 0 Å². The molecule has 0 aliphatic carbocycles. The fourth-order valence-electron chi connectivity index (χ4n) is 3.80. The number of aliphatic hydroxyl groups is 1. The topological polar surface area (TPSA) is 38.7 Å². The van der Waals surface area contributed by atoms with Crippen LogP contribution in [0.2, 0.25) is 0 Å². The highest BCUT2D eigenvalue weighted by Gasteiger charge is 2.27. The Labute approximate surface area is 184 Å². The first-order chi connectivity index (χ1) is 14.5. The maximum Gasteiger partial charge on any atom is 0.158 e. The molecule has 4 aromatic rings. The van der Waals surface area contributed by atoms with E-state index in [1.54, 1.807) is 6.92 Å². The lowest BCUT2D eigenvalue weighted by Gasteiger charge is -2.27. The van der Waals surface area contributed by atoms with Crippen LogP contribution in [0.5, 0.6) is 0 Å². The first kappa shape index (κ1) is 21.6. The van der Waals surface area contributed by atoms with E-state index in [2.05, 4.69) is 60.4 Å². The molecule has 0 radical (unpaired) electrons. The van der Waals surface area contributed by atoms with Gasteiger partial charge in [-0.05, 0) is 73.4 Å². The van der Waals surface area contributed by atoms with Crippen molar-refractivity contribution in [2.24, 2.45) is 0 Å². The molecular formula is C28H30O3. The fourth-order valence-corrected chi connectivity index (χ4v) is 3.80. The summed E-state index contributed by atoms with van der Waals surface area (Å²) >= 11 is 0. The maximum absolute atomic E-state index is 11.4. The number of rotatable bonds is 5. The van der Waals surface area contributed by atoms with E-state index in [0.29, 0.717) is 0 Å². The normalized spacial score (nSPS) is 14.7. The first-order valence-electron chi connectivity index (χ1n) is 10.8. The van der Waals surface area contributed by atoms with Gasteiger partial charge in [-0.25, -0.2) is 9.78 Å². The fraction of sp³-hybridized carbons (Fsp3) is 0.357. The van der Waals surface area contributed by atoms with Gasteiger partial charge in [0.05, 0.1) is 5.60 Å². The molecule has 0 aliphatic rings. The van der Waals surface area contributed by atoms with Crippen LogP contribution < -0.4 is 0 Å². The SMILES string of the molecule is CCC(C)(C)OOC(C)(C)C#CC(C)(O)c1ccc2ccc3cccc4ccc1c2c34. The van der Waals surface area contributed by atoms with E-state index in [9.17, 15) is 5.11 Å². The molecule has 0 heterocycles. The van der Waals surface area contributed by atoms with Crippen molar-refractivity contribution in [3.05, 3.63) is 60.2 Å². The van der Waals surface area contributed by atoms with Crippen molar-refractivity contribution in [1.29, 1.82) is 0 Å². The zero-order chi connectivity index (χ0) is 22.4. The summed E-state index contributed by atoms with van der Waals surface area (Å²) < 4.78 is 0. The monoisotopic (exact) mass is 414 g/mol. The van der Waals surface area contributed by atoms with Gasteiger partial charge in [0.1, 0.15) is 5.60 Å². The molecule has 1 atom stereocenters. The number of hydrogen-bond donors (Lipinski definition) is 1. The largest absolute Gasteiger partial charge is 0.374 e. The van der Waals surface area contributed by atoms with E-state index in [1.165, 1.54) is 21.5 Å². The minimum absolute atomic E-state index is 0.395. The molecule has 0 bridgehead atoms. The maximum atomic E-state index is 11.4. The lowest BCUT2D eigenvalue weighted by molar-refractivity contribution is -0.388. The van der Waals surface area contributed by atoms with Gasteiger partial charge >= 0.3 is 0 Å². The summed E-state index contributed by atoms with van der Waals surface area (Å²) in [7, 11) is 0. The lowest BCUT2D eigenvalue weighted by Crippen LogP contribution is -2.31. The molecule has 4 aromatic carbocycles. The first-order valence-corrected chi connectivity index (χ1v) is 10.8. The van der Waals surface area contributed by atoms with Crippen molar-refractivity contribution >= 4 is 32.3 Å². The van der Waals surface area contributed by atoms with E-state index in [-0.39, 0.29) is 0 Å². The van der Waals surface area contributed by atoms with Gasteiger partial charge in [-0.3, -0.25) is 0 Å². The van der Waals surface area contributed by atoms with E-state index in [4.69, 9.17) is 9.78 Å². The van der Waals surface area contributed by atoms with Gasteiger partial charge in [0.15, 0.2) is 5.60 Å². The predicted molar refractivity (Wildman–Crippen MR) is 128 cm³/mol. The second-order valence-electron chi connectivity index (χ2n) is 9.58. The molecule has 0 aromatic heterocycles. The Morgan fingerprint density at radius 3 is 1.97 bits per heavy atom. The molecular weight excluding hydrogens is 384 g/mol. The van der Waals surface area contributed by atoms with Gasteiger partial charge in [0.25, 0.3) is 0 Å². The van der Waals surface area contributed by atoms with Crippen LogP contribution in [0, 0.1) is 11.8 Å². The van der Waals surface area contributed by atoms with Crippen LogP contribution in [0.15, 0.2) is 54.6 Å². The predicted octanol–water partition coefficient (Wildman–Crippen LogP) is 6.71. The molecule has 3 heteroatoms. The number of benzene rings is 4. The molecule has 1 N–H and O–H groups in total. The highest BCUT2D eigenvalue weighted by molar-refractivity contribution is 6.23. The van der Waals surface area contributed by atoms with Gasteiger partial charge in [-0.15, -0.1) is 0 Å². The van der Waals surface area contributed by atoms with Crippen molar-refractivity contribution in [1.82, 2.24) is 0 Å². The van der Waals surface area contributed by atoms with Gasteiger partial charge in [0.2, 0.25) is 0 Å². The van der Waals surface area contributed by atoms with Crippen LogP contribution in [-0.4, -0.2) is 16.3 Å². The van der Waals surface area contributed by atoms with Gasteiger partial charge in [0, 0.05) is 5.56 Å². The summed E-state index contributed by atoms with van der Waals surface area (Å²) in [5.74, 6) is 6.12. The molecule has 0 aliphatic heterocycles. The lowest BCUT2D eigenvalue weighted by atomic mass is 9.86. The molecule has 0 amide bonds. The van der Waals surface area contributed by atoms with Crippen molar-refractivity contribution in [3.63, 3.8) is 0 Å². The minimum Gasteiger partial charge on any atom is -0.374 e. The van der Waals surface area contributed by atoms with Crippen molar-refractivity contribution in [3.8, 4) is 11.8 Å². The van der Waals surface area contributed by atoms with Crippen LogP contribution in [0.3, 0.4) is 0 Å². The van der Waals surface area contributed by atoms with Crippen LogP contribution >= 0.6 is 0 Å². The smallest absolute Gasteiger partial charge is 0.158 e. The minimum atomic E-state index is -1.34. The average molecular weight is 415 g/mol. The second kappa shape index (κ2) is 7.50. The highest BCUT2D eigenvalue weighted by atomic mass is 17.2. The summed E-state index contributed by atoms with van der Waals surface area (Å²) in [5, 5.41) is 18.3. The Bertz CT molecular complexity index is 1290. The highest BCUT2D eigenvalue weighted by Crippen LogP contribution is 2.38. The molecule has 1 unspecified atom stereocenters. The molecule has 160 valence electrons. The van der Waals surface area contributed by atoms with Crippen molar-refractivity contribution < 1.29 is 14.9 Å². The van der Waals surface area contributed by atoms with E-state index < -0.39 is 16.8 Å². The molecule has 0 saturated carbocycles. The standard InChI is InChI=1S/C28H30O3/c1-7-26(2,3)30-31-27(4,5)17-18-28(6,29)23-16-14-21-12-11-19-9-8-10-20-13-15-22(23)25(21)24(19)20/h8-16,29H,7H2,1-6H3. The third-order valence-corrected chi connectivity index (χ3v) is 5.99. The Balaban J connectivity index is 1.77. The van der Waals surface area contributed by atoms with Gasteiger partial charge in [-0.2, -0.15) is 0 Å². The van der Waals surface area contributed by atoms with Crippen LogP contribution in [0.1, 0.15) is 53.5 Å². The Hall–Kier alpha value is -2.64. The Morgan fingerprint density at radius 2 is 1.32 bits per heavy atom. The zero-order valence-corrected chi connectivity index (χ0v) is 19.2. The van der Waals surface area contributed by atoms with E-state index >= 15 is 0 Å². The zero-order valence-electron chi connectivity index (χ0n) is 19.2. The summed E-state index contributed by atoms with van der Waals surface area (Å²) in [6, 6.07) is 18.9. The second-order valence-corrected chi connectivity index (χ2v) is 9.58. The third-order valence-electron chi connectivity index (χ3n) is 5.99. The summed E-state index contributed by atoms with van der Waals surface area (Å²) in [6.45, 7) is 11.4. The molecule has 3 nitrogen and oxygen atoms in total. The Morgan fingerprint density at radius 1 is 0.742 bits per heavy atom. The molecule has 0 spiro atoms. The summed E-state index contributed by atoms with van der Waals surface area (Å²) in [4.78, 5) is 11.2. The molecule has 31 heavy (non-hydrogen) atoms. The van der Waals surface area contributed by atoms with Crippen LogP contribution in [0.25, 0.3) is 32.3 Å². The van der Waals surface area contributed by atoms with Crippen LogP contribution in [-0.2, 0) is 15.4 Å². The van der Waals surface area contributed by atoms with Crippen molar-refractivity contribution in [2.45, 2.75) is 64.8 Å². The summed E-state index contributed by atoms with van der Waals surface area (Å²) in [6.07, 6.45) is 0.816. The van der Waals surface area contributed by atoms with E-state index in [1.807, 2.05) is 40.7 Å². The van der Waals surface area contributed by atoms with Gasteiger partial charge < -0.3 is 5.11 Å². The van der Waals surface area contributed by atoms with Crippen LogP contribution in [0.4, 0.5) is 0 Å². The Kier molecular flexibility index (Phi) is 5.22. The summed E-state index contributed by atoms with van der Waals surface area (Å²) in [5.41, 5.74) is -1.81. The number of hydrogen-bond acceptors (Lipinski definition) is 3. The molecule has 0 saturated heterocycles. The van der Waals surface area contributed by atoms with Gasteiger partial charge in [-0.1, -0.05) is 73.4 Å². The average Bonchev–Trinajstić information content (AvgIpc) is 2.75.